The third-order valence-corrected chi connectivity index (χ3v) is 4.83. The van der Waals surface area contributed by atoms with E-state index in [1.165, 1.54) is 17.4 Å². The first-order chi connectivity index (χ1) is 9.26. The van der Waals surface area contributed by atoms with Crippen molar-refractivity contribution in [2.75, 3.05) is 13.6 Å². The van der Waals surface area contributed by atoms with Gasteiger partial charge in [-0.25, -0.2) is 8.78 Å². The zero-order valence-corrected chi connectivity index (χ0v) is 12.7. The SMILES string of the molecule is CCN(C)S(=O)(=O)NC(C)CCc1ccc(F)c(F)c1. The zero-order chi connectivity index (χ0) is 15.3. The van der Waals surface area contributed by atoms with E-state index in [1.54, 1.807) is 13.8 Å². The van der Waals surface area contributed by atoms with Crippen LogP contribution in [0, 0.1) is 11.6 Å². The van der Waals surface area contributed by atoms with Crippen LogP contribution in [-0.4, -0.2) is 32.4 Å². The van der Waals surface area contributed by atoms with Crippen LogP contribution in [0.3, 0.4) is 0 Å². The first-order valence-corrected chi connectivity index (χ1v) is 7.87. The van der Waals surface area contributed by atoms with E-state index in [9.17, 15) is 17.2 Å². The number of hydrogen-bond donors (Lipinski definition) is 1. The molecule has 1 atom stereocenters. The second kappa shape index (κ2) is 7.10. The highest BCUT2D eigenvalue weighted by atomic mass is 32.2. The normalized spacial score (nSPS) is 13.7. The largest absolute Gasteiger partial charge is 0.279 e. The van der Waals surface area contributed by atoms with Crippen LogP contribution < -0.4 is 4.72 Å². The van der Waals surface area contributed by atoms with E-state index in [2.05, 4.69) is 4.72 Å². The van der Waals surface area contributed by atoms with Gasteiger partial charge in [0.2, 0.25) is 0 Å². The average molecular weight is 306 g/mol. The topological polar surface area (TPSA) is 49.4 Å². The highest BCUT2D eigenvalue weighted by Crippen LogP contribution is 2.11. The zero-order valence-electron chi connectivity index (χ0n) is 11.9. The molecule has 0 saturated heterocycles. The van der Waals surface area contributed by atoms with Gasteiger partial charge in [-0.2, -0.15) is 17.4 Å². The Kier molecular flexibility index (Phi) is 6.04. The molecule has 0 amide bonds. The van der Waals surface area contributed by atoms with Crippen molar-refractivity contribution in [2.24, 2.45) is 0 Å². The van der Waals surface area contributed by atoms with Crippen molar-refractivity contribution in [2.45, 2.75) is 32.7 Å². The van der Waals surface area contributed by atoms with Crippen LogP contribution in [0.4, 0.5) is 8.78 Å². The van der Waals surface area contributed by atoms with Crippen LogP contribution in [0.15, 0.2) is 18.2 Å². The van der Waals surface area contributed by atoms with Gasteiger partial charge in [0.05, 0.1) is 0 Å². The lowest BCUT2D eigenvalue weighted by Crippen LogP contribution is -2.42. The third kappa shape index (κ3) is 4.81. The lowest BCUT2D eigenvalue weighted by Gasteiger charge is -2.19. The van der Waals surface area contributed by atoms with Gasteiger partial charge in [0, 0.05) is 19.6 Å². The maximum absolute atomic E-state index is 13.0. The van der Waals surface area contributed by atoms with E-state index in [0.29, 0.717) is 24.9 Å². The number of nitrogens with one attached hydrogen (secondary N) is 1. The predicted molar refractivity (Wildman–Crippen MR) is 74.5 cm³/mol. The number of nitrogens with zero attached hydrogens (tertiary/aromatic N) is 1. The summed E-state index contributed by atoms with van der Waals surface area (Å²) in [4.78, 5) is 0. The van der Waals surface area contributed by atoms with Gasteiger partial charge in [-0.05, 0) is 37.5 Å². The molecule has 0 heterocycles. The maximum atomic E-state index is 13.0. The molecule has 1 N–H and O–H groups in total. The number of rotatable bonds is 7. The molecular weight excluding hydrogens is 286 g/mol. The fourth-order valence-electron chi connectivity index (χ4n) is 1.65. The summed E-state index contributed by atoms with van der Waals surface area (Å²) >= 11 is 0. The molecule has 0 saturated carbocycles. The summed E-state index contributed by atoms with van der Waals surface area (Å²) in [6.07, 6.45) is 0.971. The van der Waals surface area contributed by atoms with E-state index in [1.807, 2.05) is 0 Å². The van der Waals surface area contributed by atoms with Crippen molar-refractivity contribution >= 4 is 10.2 Å². The van der Waals surface area contributed by atoms with Crippen molar-refractivity contribution < 1.29 is 17.2 Å². The summed E-state index contributed by atoms with van der Waals surface area (Å²) in [7, 11) is -1.99. The van der Waals surface area contributed by atoms with Crippen molar-refractivity contribution in [1.82, 2.24) is 9.03 Å². The van der Waals surface area contributed by atoms with Gasteiger partial charge in [0.15, 0.2) is 11.6 Å². The summed E-state index contributed by atoms with van der Waals surface area (Å²) in [6.45, 7) is 3.86. The van der Waals surface area contributed by atoms with Crippen LogP contribution in [0.25, 0.3) is 0 Å². The van der Waals surface area contributed by atoms with Crippen molar-refractivity contribution in [3.63, 3.8) is 0 Å². The first kappa shape index (κ1) is 17.0. The molecule has 0 spiro atoms. The fraction of sp³-hybridized carbons (Fsp3) is 0.538. The van der Waals surface area contributed by atoms with E-state index < -0.39 is 21.8 Å². The molecule has 0 aromatic heterocycles. The van der Waals surface area contributed by atoms with Crippen LogP contribution >= 0.6 is 0 Å². The number of halogens is 2. The van der Waals surface area contributed by atoms with Crippen LogP contribution in [0.5, 0.6) is 0 Å². The maximum Gasteiger partial charge on any atom is 0.279 e. The van der Waals surface area contributed by atoms with Crippen LogP contribution in [0.1, 0.15) is 25.8 Å². The van der Waals surface area contributed by atoms with Crippen molar-refractivity contribution in [3.8, 4) is 0 Å². The fourth-order valence-corrected chi connectivity index (χ4v) is 2.80. The minimum Gasteiger partial charge on any atom is -0.204 e. The van der Waals surface area contributed by atoms with Gasteiger partial charge in [-0.1, -0.05) is 13.0 Å². The Morgan fingerprint density at radius 1 is 1.30 bits per heavy atom. The molecule has 1 aromatic carbocycles. The molecule has 0 fully saturated rings. The number of benzene rings is 1. The Labute approximate surface area is 119 Å². The number of aryl methyl sites for hydroxylation is 1. The standard InChI is InChI=1S/C13H20F2N2O2S/c1-4-17(3)20(18,19)16-10(2)5-6-11-7-8-12(14)13(15)9-11/h7-10,16H,4-6H2,1-3H3. The minimum atomic E-state index is -3.48. The Balaban J connectivity index is 2.55. The predicted octanol–water partition coefficient (Wildman–Crippen LogP) is 2.07. The molecular formula is C13H20F2N2O2S. The van der Waals surface area contributed by atoms with Crippen LogP contribution in [0.2, 0.25) is 0 Å². The molecule has 0 aliphatic heterocycles. The molecule has 1 aromatic rings. The van der Waals surface area contributed by atoms with E-state index in [-0.39, 0.29) is 6.04 Å². The van der Waals surface area contributed by atoms with Gasteiger partial charge in [-0.15, -0.1) is 0 Å². The average Bonchev–Trinajstić information content (AvgIpc) is 2.38. The van der Waals surface area contributed by atoms with Gasteiger partial charge in [0.1, 0.15) is 0 Å². The summed E-state index contributed by atoms with van der Waals surface area (Å²) in [5.74, 6) is -1.77. The van der Waals surface area contributed by atoms with Crippen molar-refractivity contribution in [1.29, 1.82) is 0 Å². The van der Waals surface area contributed by atoms with Crippen molar-refractivity contribution in [3.05, 3.63) is 35.4 Å². The monoisotopic (exact) mass is 306 g/mol. The molecule has 7 heteroatoms. The molecule has 114 valence electrons. The van der Waals surface area contributed by atoms with Gasteiger partial charge >= 0.3 is 0 Å². The molecule has 20 heavy (non-hydrogen) atoms. The minimum absolute atomic E-state index is 0.290. The lowest BCUT2D eigenvalue weighted by molar-refractivity contribution is 0.458. The Morgan fingerprint density at radius 3 is 2.50 bits per heavy atom. The van der Waals surface area contributed by atoms with Gasteiger partial charge in [0.25, 0.3) is 10.2 Å². The molecule has 0 aliphatic carbocycles. The Morgan fingerprint density at radius 2 is 1.95 bits per heavy atom. The highest BCUT2D eigenvalue weighted by molar-refractivity contribution is 7.87. The summed E-state index contributed by atoms with van der Waals surface area (Å²) in [5.41, 5.74) is 0.638. The molecule has 1 rings (SSSR count). The van der Waals surface area contributed by atoms with E-state index in [4.69, 9.17) is 0 Å². The lowest BCUT2D eigenvalue weighted by atomic mass is 10.1. The highest BCUT2D eigenvalue weighted by Gasteiger charge is 2.18. The molecule has 1 unspecified atom stereocenters. The first-order valence-electron chi connectivity index (χ1n) is 6.43. The van der Waals surface area contributed by atoms with Gasteiger partial charge < -0.3 is 0 Å². The molecule has 0 aliphatic rings. The number of hydrogen-bond acceptors (Lipinski definition) is 2. The Hall–Kier alpha value is -1.05. The van der Waals surface area contributed by atoms with E-state index >= 15 is 0 Å². The Bertz CT molecular complexity index is 549. The quantitative estimate of drug-likeness (QED) is 0.838. The summed E-state index contributed by atoms with van der Waals surface area (Å²) in [5, 5.41) is 0. The smallest absolute Gasteiger partial charge is 0.204 e. The molecule has 4 nitrogen and oxygen atoms in total. The van der Waals surface area contributed by atoms with Gasteiger partial charge in [-0.3, -0.25) is 0 Å². The second-order valence-corrected chi connectivity index (χ2v) is 6.53. The third-order valence-electron chi connectivity index (χ3n) is 3.06. The molecule has 0 bridgehead atoms. The van der Waals surface area contributed by atoms with E-state index in [0.717, 1.165) is 12.1 Å². The summed E-state index contributed by atoms with van der Waals surface area (Å²) in [6, 6.07) is 3.42. The summed E-state index contributed by atoms with van der Waals surface area (Å²) < 4.78 is 53.1. The van der Waals surface area contributed by atoms with Crippen LogP contribution in [-0.2, 0) is 16.6 Å². The molecule has 0 radical (unpaired) electrons. The second-order valence-electron chi connectivity index (χ2n) is 4.73.